The minimum absolute atomic E-state index is 0.335. The molecular formula is C14H9Br2FN2. The lowest BCUT2D eigenvalue weighted by Crippen LogP contribution is -2.08. The molecule has 0 fully saturated rings. The summed E-state index contributed by atoms with van der Waals surface area (Å²) in [6.07, 6.45) is 0. The maximum Gasteiger partial charge on any atom is 0.140 e. The topological polar surface area (TPSA) is 35.8 Å². The van der Waals surface area contributed by atoms with Gasteiger partial charge in [0.05, 0.1) is 6.07 Å². The van der Waals surface area contributed by atoms with Crippen molar-refractivity contribution in [3.63, 3.8) is 0 Å². The molecule has 0 heterocycles. The van der Waals surface area contributed by atoms with Crippen molar-refractivity contribution in [2.45, 2.75) is 6.04 Å². The highest BCUT2D eigenvalue weighted by Crippen LogP contribution is 2.28. The quantitative estimate of drug-likeness (QED) is 0.806. The summed E-state index contributed by atoms with van der Waals surface area (Å²) in [7, 11) is 0. The van der Waals surface area contributed by atoms with Crippen molar-refractivity contribution in [2.24, 2.45) is 0 Å². The van der Waals surface area contributed by atoms with E-state index in [0.717, 1.165) is 14.5 Å². The lowest BCUT2D eigenvalue weighted by molar-refractivity contribution is 0.628. The van der Waals surface area contributed by atoms with E-state index in [4.69, 9.17) is 0 Å². The number of nitrogens with one attached hydrogen (secondary N) is 1. The van der Waals surface area contributed by atoms with E-state index < -0.39 is 6.04 Å². The molecule has 2 rings (SSSR count). The molecule has 19 heavy (non-hydrogen) atoms. The molecule has 0 bridgehead atoms. The van der Waals surface area contributed by atoms with Crippen molar-refractivity contribution < 1.29 is 4.39 Å². The van der Waals surface area contributed by atoms with Gasteiger partial charge in [-0.15, -0.1) is 0 Å². The van der Waals surface area contributed by atoms with Crippen LogP contribution in [0.5, 0.6) is 0 Å². The summed E-state index contributed by atoms with van der Waals surface area (Å²) < 4.78 is 14.9. The molecule has 2 aromatic rings. The second-order valence-corrected chi connectivity index (χ2v) is 5.60. The van der Waals surface area contributed by atoms with Crippen LogP contribution in [0.3, 0.4) is 0 Å². The SMILES string of the molecule is N#CC(Nc1cccc(F)c1)c1ccc(Br)c(Br)c1. The molecule has 0 aliphatic rings. The van der Waals surface area contributed by atoms with Gasteiger partial charge in [-0.25, -0.2) is 4.39 Å². The van der Waals surface area contributed by atoms with Crippen molar-refractivity contribution in [3.05, 3.63) is 62.8 Å². The summed E-state index contributed by atoms with van der Waals surface area (Å²) in [5.74, 6) is -0.335. The average Bonchev–Trinajstić information content (AvgIpc) is 2.39. The minimum Gasteiger partial charge on any atom is -0.366 e. The van der Waals surface area contributed by atoms with E-state index in [2.05, 4.69) is 43.2 Å². The predicted octanol–water partition coefficient (Wildman–Crippen LogP) is 5.03. The third-order valence-corrected chi connectivity index (χ3v) is 4.42. The van der Waals surface area contributed by atoms with Gasteiger partial charge >= 0.3 is 0 Å². The highest BCUT2D eigenvalue weighted by molar-refractivity contribution is 9.13. The summed E-state index contributed by atoms with van der Waals surface area (Å²) in [6, 6.07) is 13.2. The van der Waals surface area contributed by atoms with Crippen LogP contribution in [0.25, 0.3) is 0 Å². The Morgan fingerprint density at radius 2 is 1.89 bits per heavy atom. The van der Waals surface area contributed by atoms with Crippen LogP contribution in [0.1, 0.15) is 11.6 Å². The minimum atomic E-state index is -0.536. The molecule has 1 atom stereocenters. The number of hydrogen-bond acceptors (Lipinski definition) is 2. The maximum absolute atomic E-state index is 13.1. The molecule has 0 spiro atoms. The smallest absolute Gasteiger partial charge is 0.140 e. The van der Waals surface area contributed by atoms with Crippen LogP contribution in [0.4, 0.5) is 10.1 Å². The van der Waals surface area contributed by atoms with Gasteiger partial charge in [0, 0.05) is 14.6 Å². The van der Waals surface area contributed by atoms with E-state index in [9.17, 15) is 9.65 Å². The molecule has 0 saturated heterocycles. The lowest BCUT2D eigenvalue weighted by atomic mass is 10.1. The van der Waals surface area contributed by atoms with Crippen LogP contribution >= 0.6 is 31.9 Å². The Kier molecular flexibility index (Phi) is 4.56. The number of hydrogen-bond donors (Lipinski definition) is 1. The van der Waals surface area contributed by atoms with Crippen molar-refractivity contribution in [2.75, 3.05) is 5.32 Å². The molecule has 2 nitrogen and oxygen atoms in total. The van der Waals surface area contributed by atoms with Crippen molar-refractivity contribution >= 4 is 37.5 Å². The second-order valence-electron chi connectivity index (χ2n) is 3.89. The first-order chi connectivity index (χ1) is 9.10. The fourth-order valence-corrected chi connectivity index (χ4v) is 2.27. The third-order valence-electron chi connectivity index (χ3n) is 2.54. The fraction of sp³-hybridized carbons (Fsp3) is 0.0714. The number of anilines is 1. The summed E-state index contributed by atoms with van der Waals surface area (Å²) in [4.78, 5) is 0. The molecule has 0 aliphatic heterocycles. The molecule has 1 unspecified atom stereocenters. The number of rotatable bonds is 3. The van der Waals surface area contributed by atoms with Crippen LogP contribution < -0.4 is 5.32 Å². The van der Waals surface area contributed by atoms with E-state index in [0.29, 0.717) is 5.69 Å². The standard InChI is InChI=1S/C14H9Br2FN2/c15-12-5-4-9(6-13(12)16)14(8-18)19-11-3-1-2-10(17)7-11/h1-7,14,19H. The van der Waals surface area contributed by atoms with E-state index in [-0.39, 0.29) is 5.82 Å². The molecule has 2 aromatic carbocycles. The first-order valence-corrected chi connectivity index (χ1v) is 7.05. The Morgan fingerprint density at radius 3 is 2.53 bits per heavy atom. The van der Waals surface area contributed by atoms with E-state index in [1.165, 1.54) is 12.1 Å². The molecule has 1 N–H and O–H groups in total. The van der Waals surface area contributed by atoms with E-state index in [1.807, 2.05) is 18.2 Å². The zero-order chi connectivity index (χ0) is 13.8. The van der Waals surface area contributed by atoms with Gasteiger partial charge in [0.25, 0.3) is 0 Å². The first-order valence-electron chi connectivity index (χ1n) is 5.47. The summed E-state index contributed by atoms with van der Waals surface area (Å²) in [5, 5.41) is 12.2. The van der Waals surface area contributed by atoms with Crippen molar-refractivity contribution in [1.29, 1.82) is 5.26 Å². The van der Waals surface area contributed by atoms with Gasteiger partial charge in [-0.1, -0.05) is 12.1 Å². The summed E-state index contributed by atoms with van der Waals surface area (Å²) in [6.45, 7) is 0. The molecule has 5 heteroatoms. The van der Waals surface area contributed by atoms with Gasteiger partial charge in [-0.2, -0.15) is 5.26 Å². The maximum atomic E-state index is 13.1. The molecule has 0 amide bonds. The molecule has 0 radical (unpaired) electrons. The average molecular weight is 384 g/mol. The Hall–Kier alpha value is -1.38. The van der Waals surface area contributed by atoms with Gasteiger partial charge in [0.15, 0.2) is 0 Å². The number of halogens is 3. The van der Waals surface area contributed by atoms with Gasteiger partial charge in [-0.05, 0) is 67.8 Å². The van der Waals surface area contributed by atoms with Crippen molar-refractivity contribution in [1.82, 2.24) is 0 Å². The molecule has 0 aliphatic carbocycles. The fourth-order valence-electron chi connectivity index (χ4n) is 1.63. The second kappa shape index (κ2) is 6.18. The summed E-state index contributed by atoms with van der Waals surface area (Å²) in [5.41, 5.74) is 1.38. The highest BCUT2D eigenvalue weighted by Gasteiger charge is 2.12. The Labute approximate surface area is 127 Å². The zero-order valence-electron chi connectivity index (χ0n) is 9.70. The lowest BCUT2D eigenvalue weighted by Gasteiger charge is -2.14. The Morgan fingerprint density at radius 1 is 1.11 bits per heavy atom. The molecule has 0 saturated carbocycles. The van der Waals surface area contributed by atoms with Gasteiger partial charge < -0.3 is 5.32 Å². The Balaban J connectivity index is 2.25. The zero-order valence-corrected chi connectivity index (χ0v) is 12.9. The highest BCUT2D eigenvalue weighted by atomic mass is 79.9. The molecule has 96 valence electrons. The Bertz CT molecular complexity index is 638. The third kappa shape index (κ3) is 3.55. The molecular weight excluding hydrogens is 375 g/mol. The number of benzene rings is 2. The van der Waals surface area contributed by atoms with Crippen LogP contribution in [-0.4, -0.2) is 0 Å². The van der Waals surface area contributed by atoms with Crippen molar-refractivity contribution in [3.8, 4) is 6.07 Å². The number of nitrogens with zero attached hydrogens (tertiary/aromatic N) is 1. The van der Waals surface area contributed by atoms with E-state index in [1.54, 1.807) is 12.1 Å². The van der Waals surface area contributed by atoms with Crippen LogP contribution in [-0.2, 0) is 0 Å². The monoisotopic (exact) mass is 382 g/mol. The first kappa shape index (κ1) is 14.0. The predicted molar refractivity (Wildman–Crippen MR) is 80.2 cm³/mol. The van der Waals surface area contributed by atoms with Crippen LogP contribution in [0.2, 0.25) is 0 Å². The summed E-state index contributed by atoms with van der Waals surface area (Å²) >= 11 is 6.77. The van der Waals surface area contributed by atoms with Crippen LogP contribution in [0.15, 0.2) is 51.4 Å². The largest absolute Gasteiger partial charge is 0.366 e. The van der Waals surface area contributed by atoms with Gasteiger partial charge in [0.2, 0.25) is 0 Å². The number of nitriles is 1. The van der Waals surface area contributed by atoms with E-state index >= 15 is 0 Å². The van der Waals surface area contributed by atoms with Gasteiger partial charge in [-0.3, -0.25) is 0 Å². The molecule has 0 aromatic heterocycles. The normalized spacial score (nSPS) is 11.7. The van der Waals surface area contributed by atoms with Crippen LogP contribution in [0, 0.1) is 17.1 Å². The van der Waals surface area contributed by atoms with Gasteiger partial charge in [0.1, 0.15) is 11.9 Å².